The summed E-state index contributed by atoms with van der Waals surface area (Å²) in [6.45, 7) is 0. The maximum Gasteiger partial charge on any atom is 0.466 e. The number of rotatable bonds is 0. The zero-order chi connectivity index (χ0) is 10.5. The average molecular weight is 210 g/mol. The van der Waals surface area contributed by atoms with E-state index in [1.54, 1.807) is 6.07 Å². The van der Waals surface area contributed by atoms with Crippen molar-refractivity contribution >= 4 is 7.82 Å². The van der Waals surface area contributed by atoms with Gasteiger partial charge in [-0.25, -0.2) is 8.96 Å². The average Bonchev–Trinajstić information content (AvgIpc) is 1.92. The van der Waals surface area contributed by atoms with Crippen molar-refractivity contribution in [3.63, 3.8) is 0 Å². The summed E-state index contributed by atoms with van der Waals surface area (Å²) in [5, 5.41) is 8.54. The number of para-hydroxylation sites is 1. The van der Waals surface area contributed by atoms with Crippen molar-refractivity contribution in [3.05, 3.63) is 30.1 Å². The van der Waals surface area contributed by atoms with E-state index in [1.165, 1.54) is 18.2 Å². The fourth-order valence-electron chi connectivity index (χ4n) is 0.452. The van der Waals surface area contributed by atoms with Crippen molar-refractivity contribution in [1.82, 2.24) is 0 Å². The molecule has 0 aliphatic heterocycles. The van der Waals surface area contributed by atoms with Crippen LogP contribution in [0.4, 0.5) is 4.39 Å². The van der Waals surface area contributed by atoms with Crippen molar-refractivity contribution in [2.75, 3.05) is 0 Å². The number of aromatic hydroxyl groups is 1. The molecule has 1 aromatic rings. The van der Waals surface area contributed by atoms with Crippen LogP contribution in [0.25, 0.3) is 0 Å². The number of hydrogen-bond acceptors (Lipinski definition) is 2. The minimum atomic E-state index is -4.64. The predicted octanol–water partition coefficient (Wildman–Crippen LogP) is 0.603. The van der Waals surface area contributed by atoms with Crippen molar-refractivity contribution in [2.45, 2.75) is 0 Å². The first-order valence-corrected chi connectivity index (χ1v) is 4.59. The highest BCUT2D eigenvalue weighted by Gasteiger charge is 2.00. The minimum absolute atomic E-state index is 0.299. The van der Waals surface area contributed by atoms with Gasteiger partial charge < -0.3 is 19.8 Å². The molecule has 0 fully saturated rings. The molecule has 0 saturated heterocycles. The second kappa shape index (κ2) is 4.94. The Hall–Kier alpha value is -0.940. The molecular formula is C6H8FO5P. The molecule has 0 spiro atoms. The smallest absolute Gasteiger partial charge is 0.466 e. The van der Waals surface area contributed by atoms with E-state index in [0.717, 1.165) is 0 Å². The summed E-state index contributed by atoms with van der Waals surface area (Å²) in [4.78, 5) is 21.6. The fourth-order valence-corrected chi connectivity index (χ4v) is 0.452. The Morgan fingerprint density at radius 1 is 1.15 bits per heavy atom. The topological polar surface area (TPSA) is 98.0 Å². The van der Waals surface area contributed by atoms with Crippen LogP contribution in [0.1, 0.15) is 0 Å². The quantitative estimate of drug-likeness (QED) is 0.470. The first kappa shape index (κ1) is 12.1. The van der Waals surface area contributed by atoms with Crippen molar-refractivity contribution < 1.29 is 28.7 Å². The van der Waals surface area contributed by atoms with Crippen LogP contribution in [0.5, 0.6) is 5.75 Å². The number of phosphoric acid groups is 1. The highest BCUT2D eigenvalue weighted by atomic mass is 31.2. The summed E-state index contributed by atoms with van der Waals surface area (Å²) in [6, 6.07) is 5.60. The molecule has 0 aliphatic rings. The molecule has 0 atom stereocenters. The van der Waals surface area contributed by atoms with E-state index in [-0.39, 0.29) is 5.75 Å². The summed E-state index contributed by atoms with van der Waals surface area (Å²) in [5.41, 5.74) is 0. The number of benzene rings is 1. The third-order valence-corrected chi connectivity index (χ3v) is 0.852. The summed E-state index contributed by atoms with van der Waals surface area (Å²) in [6.07, 6.45) is 0. The van der Waals surface area contributed by atoms with E-state index in [9.17, 15) is 4.39 Å². The normalized spacial score (nSPS) is 10.2. The molecule has 7 heteroatoms. The van der Waals surface area contributed by atoms with Crippen LogP contribution >= 0.6 is 7.82 Å². The van der Waals surface area contributed by atoms with Crippen LogP contribution in [0.15, 0.2) is 24.3 Å². The SMILES string of the molecule is O=P(O)(O)O.Oc1ccccc1F. The summed E-state index contributed by atoms with van der Waals surface area (Å²) < 4.78 is 21.0. The number of phenolic OH excluding ortho intramolecular Hbond substituents is 1. The molecule has 4 N–H and O–H groups in total. The molecule has 0 heterocycles. The Bertz CT molecular complexity index is 280. The van der Waals surface area contributed by atoms with E-state index in [4.69, 9.17) is 24.4 Å². The number of halogens is 1. The van der Waals surface area contributed by atoms with Gasteiger partial charge in [-0.2, -0.15) is 0 Å². The van der Waals surface area contributed by atoms with Crippen molar-refractivity contribution in [1.29, 1.82) is 0 Å². The lowest BCUT2D eigenvalue weighted by Gasteiger charge is -1.88. The molecule has 0 radical (unpaired) electrons. The predicted molar refractivity (Wildman–Crippen MR) is 42.3 cm³/mol. The third-order valence-electron chi connectivity index (χ3n) is 0.852. The van der Waals surface area contributed by atoms with Gasteiger partial charge in [-0.05, 0) is 12.1 Å². The monoisotopic (exact) mass is 210 g/mol. The van der Waals surface area contributed by atoms with E-state index in [1.807, 2.05) is 0 Å². The zero-order valence-electron chi connectivity index (χ0n) is 6.33. The molecule has 1 aromatic carbocycles. The van der Waals surface area contributed by atoms with E-state index in [0.29, 0.717) is 0 Å². The Morgan fingerprint density at radius 2 is 1.54 bits per heavy atom. The lowest BCUT2D eigenvalue weighted by Crippen LogP contribution is -1.70. The fraction of sp³-hybridized carbons (Fsp3) is 0. The van der Waals surface area contributed by atoms with Crippen LogP contribution in [0.2, 0.25) is 0 Å². The molecule has 1 rings (SSSR count). The Labute approximate surface area is 73.3 Å². The molecule has 13 heavy (non-hydrogen) atoms. The second-order valence-electron chi connectivity index (χ2n) is 1.96. The standard InChI is InChI=1S/C6H5FO.H3O4P/c7-5-3-1-2-4-6(5)8;1-5(2,3)4/h1-4,8H;(H3,1,2,3,4). The van der Waals surface area contributed by atoms with Gasteiger partial charge in [0, 0.05) is 0 Å². The lowest BCUT2D eigenvalue weighted by molar-refractivity contribution is 0.275. The molecule has 5 nitrogen and oxygen atoms in total. The minimum Gasteiger partial charge on any atom is -0.505 e. The Balaban J connectivity index is 0.000000252. The highest BCUT2D eigenvalue weighted by molar-refractivity contribution is 7.45. The Morgan fingerprint density at radius 3 is 1.77 bits per heavy atom. The third kappa shape index (κ3) is 8.97. The maximum absolute atomic E-state index is 12.1. The molecule has 74 valence electrons. The first-order valence-electron chi connectivity index (χ1n) is 3.02. The molecule has 0 bridgehead atoms. The first-order chi connectivity index (χ1) is 5.80. The van der Waals surface area contributed by atoms with Gasteiger partial charge in [0.25, 0.3) is 0 Å². The summed E-state index contributed by atoms with van der Waals surface area (Å²) in [5.74, 6) is -0.875. The second-order valence-corrected chi connectivity index (χ2v) is 2.99. The van der Waals surface area contributed by atoms with Gasteiger partial charge in [-0.3, -0.25) is 0 Å². The Kier molecular flexibility index (Phi) is 4.58. The van der Waals surface area contributed by atoms with Gasteiger partial charge >= 0.3 is 7.82 Å². The van der Waals surface area contributed by atoms with Crippen LogP contribution in [-0.4, -0.2) is 19.8 Å². The molecule has 0 unspecified atom stereocenters. The van der Waals surface area contributed by atoms with Gasteiger partial charge in [0.15, 0.2) is 11.6 Å². The van der Waals surface area contributed by atoms with E-state index >= 15 is 0 Å². The summed E-state index contributed by atoms with van der Waals surface area (Å²) in [7, 11) is -4.64. The van der Waals surface area contributed by atoms with E-state index in [2.05, 4.69) is 0 Å². The molecule has 0 amide bonds. The van der Waals surface area contributed by atoms with Gasteiger partial charge in [0.1, 0.15) is 0 Å². The van der Waals surface area contributed by atoms with Gasteiger partial charge in [-0.1, -0.05) is 12.1 Å². The van der Waals surface area contributed by atoms with Crippen LogP contribution in [0.3, 0.4) is 0 Å². The zero-order valence-corrected chi connectivity index (χ0v) is 7.23. The van der Waals surface area contributed by atoms with Crippen LogP contribution < -0.4 is 0 Å². The van der Waals surface area contributed by atoms with Crippen molar-refractivity contribution in [2.24, 2.45) is 0 Å². The highest BCUT2D eigenvalue weighted by Crippen LogP contribution is 2.25. The van der Waals surface area contributed by atoms with Gasteiger partial charge in [-0.15, -0.1) is 0 Å². The van der Waals surface area contributed by atoms with Crippen LogP contribution in [-0.2, 0) is 4.57 Å². The number of phenols is 1. The number of hydrogen-bond donors (Lipinski definition) is 4. The molecule has 0 aliphatic carbocycles. The maximum atomic E-state index is 12.1. The van der Waals surface area contributed by atoms with E-state index < -0.39 is 13.6 Å². The molecular weight excluding hydrogens is 202 g/mol. The summed E-state index contributed by atoms with van der Waals surface area (Å²) >= 11 is 0. The van der Waals surface area contributed by atoms with Crippen molar-refractivity contribution in [3.8, 4) is 5.75 Å². The molecule has 0 aromatic heterocycles. The molecule has 0 saturated carbocycles. The van der Waals surface area contributed by atoms with Crippen LogP contribution in [0, 0.1) is 5.82 Å². The van der Waals surface area contributed by atoms with Gasteiger partial charge in [0.2, 0.25) is 0 Å². The lowest BCUT2D eigenvalue weighted by atomic mass is 10.3. The largest absolute Gasteiger partial charge is 0.505 e. The van der Waals surface area contributed by atoms with Gasteiger partial charge in [0.05, 0.1) is 0 Å².